The molecule has 0 N–H and O–H groups in total. The average molecular weight is 1380 g/mol. The zero-order valence-electron chi connectivity index (χ0n) is 64.2. The number of unbranched alkanes of at least 4 members (excludes halogenated alkanes) is 4. The zero-order chi connectivity index (χ0) is 73.5. The van der Waals surface area contributed by atoms with E-state index in [4.69, 9.17) is 4.65 Å². The second-order valence-corrected chi connectivity index (χ2v) is 30.5. The van der Waals surface area contributed by atoms with Gasteiger partial charge in [-0.2, -0.15) is 9.15 Å². The molecule has 0 saturated heterocycles. The van der Waals surface area contributed by atoms with Crippen molar-refractivity contribution >= 4 is 63.0 Å². The fourth-order valence-corrected chi connectivity index (χ4v) is 16.9. The Hall–Kier alpha value is -9.18. The van der Waals surface area contributed by atoms with Crippen LogP contribution in [0.2, 0.25) is 0 Å². The molecule has 536 valence electrons. The summed E-state index contributed by atoms with van der Waals surface area (Å²) < 4.78 is 9.87. The van der Waals surface area contributed by atoms with Gasteiger partial charge in [0.1, 0.15) is 13.1 Å². The Labute approximate surface area is 623 Å². The number of allylic oxidation sites excluding steroid dienone is 12. The maximum absolute atomic E-state index is 10.7. The van der Waals surface area contributed by atoms with E-state index in [1.165, 1.54) is 157 Å². The predicted molar refractivity (Wildman–Crippen MR) is 440 cm³/mol. The largest absolute Gasteiger partial charge is 0.871 e. The summed E-state index contributed by atoms with van der Waals surface area (Å²) >= 11 is 0. The molecule has 0 bridgehead atoms. The van der Waals surface area contributed by atoms with E-state index >= 15 is 0 Å². The number of para-hydroxylation sites is 2. The molecule has 0 saturated carbocycles. The van der Waals surface area contributed by atoms with E-state index in [-0.39, 0.29) is 33.7 Å². The van der Waals surface area contributed by atoms with Crippen LogP contribution in [0.25, 0.3) is 21.5 Å². The smallest absolute Gasteiger partial charge is 0.210 e. The van der Waals surface area contributed by atoms with Crippen molar-refractivity contribution in [1.29, 1.82) is 0 Å². The van der Waals surface area contributed by atoms with Gasteiger partial charge in [-0.05, 0) is 139 Å². The molecule has 0 radical (unpaired) electrons. The number of hydrogen-bond acceptors (Lipinski definition) is 5. The van der Waals surface area contributed by atoms with E-state index in [2.05, 4.69) is 321 Å². The summed E-state index contributed by atoms with van der Waals surface area (Å²) in [6.45, 7) is 32.5. The van der Waals surface area contributed by atoms with Crippen molar-refractivity contribution in [1.82, 2.24) is 0 Å². The van der Waals surface area contributed by atoms with Crippen LogP contribution in [-0.2, 0) is 31.7 Å². The number of fused-ring (bicyclic) bond motifs is 8. The van der Waals surface area contributed by atoms with Gasteiger partial charge in [0, 0.05) is 107 Å². The molecule has 4 aliphatic heterocycles. The molecule has 7 nitrogen and oxygen atoms in total. The van der Waals surface area contributed by atoms with Crippen LogP contribution >= 0.6 is 0 Å². The topological polar surface area (TPSA) is 67.9 Å². The molecule has 0 aliphatic carbocycles. The first-order valence-electron chi connectivity index (χ1n) is 38.7. The maximum atomic E-state index is 10.7. The van der Waals surface area contributed by atoms with Gasteiger partial charge < -0.3 is 24.5 Å². The number of nitrogens with zero attached hydrogens (tertiary/aromatic N) is 4. The highest BCUT2D eigenvalue weighted by atomic mass is 16.6. The highest BCUT2D eigenvalue weighted by Gasteiger charge is 2.47. The first-order valence-corrected chi connectivity index (χ1v) is 38.7. The Morgan fingerprint density at radius 3 is 1.14 bits per heavy atom. The number of benzene rings is 9. The second-order valence-electron chi connectivity index (χ2n) is 30.5. The van der Waals surface area contributed by atoms with Gasteiger partial charge in [0.25, 0.3) is 0 Å². The van der Waals surface area contributed by atoms with E-state index in [1.54, 1.807) is 0 Å². The van der Waals surface area contributed by atoms with Gasteiger partial charge in [0.15, 0.2) is 11.4 Å². The standard InChI is InChI=1S/2C37H45N2.C22H21BO3/c2*1-7-9-26-38-31-21-17-16-20-30(31)36(3,4)33(38)22-12-11-13-23-34-37(5,6)35-29-19-15-14-18-28(29)24-25-32(35)39(34)27-10-8-2;24-23(25)26-18-10-17-22(19-11-4-1-5-12-19,20-13-6-2-7-14-20)21-15-8-3-9-16-21/h2*11-25H,7-10,26-27H2,1-6H3;1-9,11-16H,10,17-18H2/q2*+1;-2. The van der Waals surface area contributed by atoms with Gasteiger partial charge in [-0.1, -0.05) is 293 Å². The molecule has 0 unspecified atom stereocenters. The van der Waals surface area contributed by atoms with Crippen LogP contribution in [-0.4, -0.2) is 60.7 Å². The van der Waals surface area contributed by atoms with Gasteiger partial charge >= 0.3 is 0 Å². The van der Waals surface area contributed by atoms with E-state index in [9.17, 15) is 10.0 Å². The van der Waals surface area contributed by atoms with Crippen molar-refractivity contribution in [2.75, 3.05) is 42.6 Å². The van der Waals surface area contributed by atoms with Crippen molar-refractivity contribution in [2.45, 2.75) is 174 Å². The minimum absolute atomic E-state index is 0.000233. The highest BCUT2D eigenvalue weighted by molar-refractivity contribution is 6.28. The fraction of sp³-hybridized carbons (Fsp3) is 0.333. The molecule has 8 heteroatoms. The van der Waals surface area contributed by atoms with Crippen LogP contribution in [0.4, 0.5) is 22.7 Å². The third-order valence-electron chi connectivity index (χ3n) is 22.3. The molecule has 0 atom stereocenters. The number of rotatable bonds is 26. The van der Waals surface area contributed by atoms with E-state index < -0.39 is 7.32 Å². The van der Waals surface area contributed by atoms with E-state index in [0.717, 1.165) is 32.6 Å². The Morgan fingerprint density at radius 1 is 0.394 bits per heavy atom. The van der Waals surface area contributed by atoms with Crippen LogP contribution in [0.1, 0.15) is 186 Å². The minimum atomic E-state index is -2.23. The van der Waals surface area contributed by atoms with Crippen molar-refractivity contribution in [3.05, 3.63) is 323 Å². The van der Waals surface area contributed by atoms with Crippen LogP contribution in [0.5, 0.6) is 0 Å². The van der Waals surface area contributed by atoms with Crippen molar-refractivity contribution < 1.29 is 23.9 Å². The number of anilines is 2. The maximum Gasteiger partial charge on any atom is 0.210 e. The summed E-state index contributed by atoms with van der Waals surface area (Å²) in [7, 11) is -2.23. The quantitative estimate of drug-likeness (QED) is 0.0178. The molecular formula is C96H111BN4O3. The minimum Gasteiger partial charge on any atom is -0.871 e. The van der Waals surface area contributed by atoms with Crippen molar-refractivity contribution in [3.8, 4) is 0 Å². The molecular weight excluding hydrogens is 1270 g/mol. The Bertz CT molecular complexity index is 4340. The molecule has 4 aliphatic rings. The van der Waals surface area contributed by atoms with Gasteiger partial charge in [-0.15, -0.1) is 0 Å². The van der Waals surface area contributed by atoms with Gasteiger partial charge in [0.2, 0.25) is 11.4 Å². The molecule has 0 fully saturated rings. The molecule has 9 aromatic carbocycles. The van der Waals surface area contributed by atoms with Gasteiger partial charge in [-0.25, -0.2) is 0 Å². The van der Waals surface area contributed by atoms with Gasteiger partial charge in [-0.3, -0.25) is 0 Å². The summed E-state index contributed by atoms with van der Waals surface area (Å²) in [5.74, 6) is 0. The van der Waals surface area contributed by atoms with E-state index in [1.807, 2.05) is 54.6 Å². The molecule has 9 aromatic rings. The van der Waals surface area contributed by atoms with Crippen LogP contribution in [0.15, 0.2) is 284 Å². The third-order valence-corrected chi connectivity index (χ3v) is 22.3. The van der Waals surface area contributed by atoms with Gasteiger partial charge in [0.05, 0.1) is 18.2 Å². The Morgan fingerprint density at radius 2 is 0.760 bits per heavy atom. The summed E-state index contributed by atoms with van der Waals surface area (Å²) in [5.41, 5.74) is 19.9. The molecule has 0 aromatic heterocycles. The predicted octanol–water partition coefficient (Wildman–Crippen LogP) is 21.7. The average Bonchev–Trinajstić information content (AvgIpc) is 1.57. The summed E-state index contributed by atoms with van der Waals surface area (Å²) in [5, 5.41) is 26.8. The van der Waals surface area contributed by atoms with Crippen LogP contribution in [0, 0.1) is 0 Å². The molecule has 4 heterocycles. The number of hydrogen-bond donors (Lipinski definition) is 0. The van der Waals surface area contributed by atoms with Crippen molar-refractivity contribution in [2.24, 2.45) is 0 Å². The Balaban J connectivity index is 0.000000160. The molecule has 104 heavy (non-hydrogen) atoms. The normalized spacial score (nSPS) is 16.9. The van der Waals surface area contributed by atoms with E-state index in [0.29, 0.717) is 6.42 Å². The summed E-state index contributed by atoms with van der Waals surface area (Å²) in [6, 6.07) is 75.8. The zero-order valence-corrected chi connectivity index (χ0v) is 64.2. The highest BCUT2D eigenvalue weighted by Crippen LogP contribution is 2.51. The lowest BCUT2D eigenvalue weighted by Crippen LogP contribution is -2.48. The summed E-state index contributed by atoms with van der Waals surface area (Å²) in [4.78, 5) is 5.08. The first kappa shape index (κ1) is 76.0. The Kier molecular flexibility index (Phi) is 25.0. The molecule has 0 amide bonds. The van der Waals surface area contributed by atoms with Crippen LogP contribution < -0.4 is 19.8 Å². The third kappa shape index (κ3) is 15.8. The monoisotopic (exact) mass is 1380 g/mol. The SMILES string of the molecule is CCCCN1C(=CC=CC=CC2=[N+](CCCC)c3ccc4ccccc4c3C2(C)C)C(C)(C)c2ccccc21.CCCCN1C(=CC=CC=CC2=[N+](CCCC)c3ccc4ccccc4c3C2(C)C)C(C)(C)c2ccccc21.[O-]B([O-])OCCCC(c1ccccc1)(c1ccccc1)c1ccccc1. The first-order chi connectivity index (χ1) is 50.4. The lowest BCUT2D eigenvalue weighted by Gasteiger charge is -2.37. The van der Waals surface area contributed by atoms with Crippen LogP contribution in [0.3, 0.4) is 0 Å². The molecule has 13 rings (SSSR count). The lowest BCUT2D eigenvalue weighted by atomic mass is 9.67. The lowest BCUT2D eigenvalue weighted by molar-refractivity contribution is -0.438. The summed E-state index contributed by atoms with van der Waals surface area (Å²) in [6.07, 6.45) is 33.6. The van der Waals surface area contributed by atoms with Crippen molar-refractivity contribution in [3.63, 3.8) is 0 Å². The fourth-order valence-electron chi connectivity index (χ4n) is 16.9. The molecule has 0 spiro atoms. The second kappa shape index (κ2) is 34.2.